The topological polar surface area (TPSA) is 110 Å². The predicted octanol–water partition coefficient (Wildman–Crippen LogP) is 0.998. The maximum Gasteiger partial charge on any atom is 0.357 e. The third kappa shape index (κ3) is 2.86. The van der Waals surface area contributed by atoms with Gasteiger partial charge in [0.2, 0.25) is 0 Å². The maximum atomic E-state index is 11.7. The lowest BCUT2D eigenvalue weighted by molar-refractivity contribution is -0.130. The van der Waals surface area contributed by atoms with Crippen molar-refractivity contribution in [1.29, 1.82) is 0 Å². The van der Waals surface area contributed by atoms with Crippen molar-refractivity contribution in [3.8, 4) is 5.75 Å². The quantitative estimate of drug-likeness (QED) is 0.658. The summed E-state index contributed by atoms with van der Waals surface area (Å²) in [6.07, 6.45) is 0.643. The summed E-state index contributed by atoms with van der Waals surface area (Å²) in [5.41, 5.74) is -0.747. The van der Waals surface area contributed by atoms with Crippen molar-refractivity contribution in [2.24, 2.45) is 4.40 Å². The lowest BCUT2D eigenvalue weighted by atomic mass is 10.3. The fourth-order valence-electron chi connectivity index (χ4n) is 1.36. The van der Waals surface area contributed by atoms with Crippen molar-refractivity contribution < 1.29 is 27.9 Å². The van der Waals surface area contributed by atoms with Gasteiger partial charge in [-0.15, -0.1) is 0 Å². The molecule has 0 aromatic heterocycles. The van der Waals surface area contributed by atoms with Crippen molar-refractivity contribution in [1.82, 2.24) is 0 Å². The Kier molecular flexibility index (Phi) is 3.60. The Balaban J connectivity index is 2.27. The number of sulfonamides is 1. The van der Waals surface area contributed by atoms with Crippen molar-refractivity contribution >= 4 is 39.3 Å². The number of rotatable bonds is 3. The van der Waals surface area contributed by atoms with Crippen molar-refractivity contribution in [2.45, 2.75) is 0 Å². The molecule has 0 radical (unpaired) electrons. The molecule has 7 nitrogen and oxygen atoms in total. The number of carboxylic acid groups (broad SMARTS) is 1. The first-order valence-corrected chi connectivity index (χ1v) is 6.89. The van der Waals surface area contributed by atoms with Gasteiger partial charge >= 0.3 is 11.9 Å². The zero-order valence-corrected chi connectivity index (χ0v) is 11.2. The molecule has 0 atom stereocenters. The summed E-state index contributed by atoms with van der Waals surface area (Å²) in [6, 6.07) is 5.74. The molecule has 0 saturated carbocycles. The lowest BCUT2D eigenvalue weighted by Gasteiger charge is -2.04. The fraction of sp³-hybridized carbons (Fsp3) is 0. The van der Waals surface area contributed by atoms with Crippen LogP contribution in [0.2, 0.25) is 5.02 Å². The SMILES string of the molecule is O=C(O)C1=NS(=O)(=O)C(C(=O)Oc2cccc(Cl)c2)=C1. The van der Waals surface area contributed by atoms with E-state index in [2.05, 4.69) is 4.40 Å². The molecule has 20 heavy (non-hydrogen) atoms. The average Bonchev–Trinajstić information content (AvgIpc) is 2.65. The molecular formula is C11H6ClNO6S. The number of carboxylic acids is 1. The van der Waals surface area contributed by atoms with E-state index in [0.29, 0.717) is 11.1 Å². The summed E-state index contributed by atoms with van der Waals surface area (Å²) in [7, 11) is -4.35. The predicted molar refractivity (Wildman–Crippen MR) is 69.2 cm³/mol. The van der Waals surface area contributed by atoms with Gasteiger partial charge in [-0.2, -0.15) is 12.8 Å². The lowest BCUT2D eigenvalue weighted by Crippen LogP contribution is -2.15. The molecule has 104 valence electrons. The van der Waals surface area contributed by atoms with Crippen LogP contribution < -0.4 is 4.74 Å². The van der Waals surface area contributed by atoms with E-state index in [1.165, 1.54) is 24.3 Å². The highest BCUT2D eigenvalue weighted by Gasteiger charge is 2.34. The summed E-state index contributed by atoms with van der Waals surface area (Å²) in [5, 5.41) is 8.95. The summed E-state index contributed by atoms with van der Waals surface area (Å²) in [5.74, 6) is -2.76. The number of benzene rings is 1. The van der Waals surface area contributed by atoms with E-state index in [-0.39, 0.29) is 5.75 Å². The first-order valence-electron chi connectivity index (χ1n) is 5.07. The smallest absolute Gasteiger partial charge is 0.357 e. The highest BCUT2D eigenvalue weighted by molar-refractivity contribution is 7.95. The van der Waals surface area contributed by atoms with Gasteiger partial charge in [0, 0.05) is 11.1 Å². The Morgan fingerprint density at radius 3 is 2.55 bits per heavy atom. The summed E-state index contributed by atoms with van der Waals surface area (Å²) < 4.78 is 30.8. The van der Waals surface area contributed by atoms with Crippen LogP contribution in [0.1, 0.15) is 0 Å². The van der Waals surface area contributed by atoms with Crippen LogP contribution in [0.25, 0.3) is 0 Å². The number of hydrogen-bond acceptors (Lipinski definition) is 5. The van der Waals surface area contributed by atoms with E-state index in [4.69, 9.17) is 21.4 Å². The van der Waals surface area contributed by atoms with E-state index >= 15 is 0 Å². The Morgan fingerprint density at radius 1 is 1.30 bits per heavy atom. The zero-order valence-electron chi connectivity index (χ0n) is 9.61. The number of esters is 1. The number of carbonyl (C=O) groups excluding carboxylic acids is 1. The molecule has 1 heterocycles. The summed E-state index contributed by atoms with van der Waals surface area (Å²) in [4.78, 5) is 21.5. The Hall–Kier alpha value is -2.19. The van der Waals surface area contributed by atoms with Crippen LogP contribution in [0.5, 0.6) is 5.75 Å². The highest BCUT2D eigenvalue weighted by atomic mass is 35.5. The van der Waals surface area contributed by atoms with Gasteiger partial charge in [0.15, 0.2) is 10.6 Å². The number of halogens is 1. The molecule has 0 aliphatic carbocycles. The number of nitrogens with zero attached hydrogens (tertiary/aromatic N) is 1. The Bertz CT molecular complexity index is 765. The van der Waals surface area contributed by atoms with Crippen LogP contribution in [0.4, 0.5) is 0 Å². The van der Waals surface area contributed by atoms with Crippen molar-refractivity contribution in [3.05, 3.63) is 40.3 Å². The molecule has 0 fully saturated rings. The minimum absolute atomic E-state index is 0.0300. The van der Waals surface area contributed by atoms with Gasteiger partial charge in [0.25, 0.3) is 10.0 Å². The maximum absolute atomic E-state index is 11.7. The van der Waals surface area contributed by atoms with Gasteiger partial charge in [-0.3, -0.25) is 0 Å². The fourth-order valence-corrected chi connectivity index (χ4v) is 2.54. The normalized spacial score (nSPS) is 16.2. The summed E-state index contributed by atoms with van der Waals surface area (Å²) in [6.45, 7) is 0. The number of carbonyl (C=O) groups is 2. The Labute approximate surface area is 118 Å². The molecule has 1 aromatic carbocycles. The first-order chi connectivity index (χ1) is 9.29. The standard InChI is InChI=1S/C11H6ClNO6S/c12-6-2-1-3-7(4-6)19-11(16)9-5-8(10(14)15)13-20(9,17)18/h1-5H,(H,14,15). The van der Waals surface area contributed by atoms with E-state index < -0.39 is 32.6 Å². The Morgan fingerprint density at radius 2 is 2.00 bits per heavy atom. The number of ether oxygens (including phenoxy) is 1. The van der Waals surface area contributed by atoms with Gasteiger partial charge in [0.05, 0.1) is 0 Å². The van der Waals surface area contributed by atoms with Crippen LogP contribution >= 0.6 is 11.6 Å². The molecule has 1 aromatic rings. The third-order valence-corrected chi connectivity index (χ3v) is 3.70. The van der Waals surface area contributed by atoms with E-state index in [1.54, 1.807) is 0 Å². The van der Waals surface area contributed by atoms with Crippen LogP contribution in [0, 0.1) is 0 Å². The van der Waals surface area contributed by atoms with Gasteiger partial charge in [-0.25, -0.2) is 9.59 Å². The number of hydrogen-bond donors (Lipinski definition) is 1. The van der Waals surface area contributed by atoms with Gasteiger partial charge < -0.3 is 9.84 Å². The molecular weight excluding hydrogens is 310 g/mol. The monoisotopic (exact) mass is 315 g/mol. The largest absolute Gasteiger partial charge is 0.476 e. The molecule has 0 bridgehead atoms. The average molecular weight is 316 g/mol. The van der Waals surface area contributed by atoms with Gasteiger partial charge in [0.1, 0.15) is 5.75 Å². The number of aliphatic carboxylic acids is 1. The molecule has 0 saturated heterocycles. The summed E-state index contributed by atoms with van der Waals surface area (Å²) >= 11 is 5.68. The van der Waals surface area contributed by atoms with Gasteiger partial charge in [-0.05, 0) is 18.2 Å². The third-order valence-electron chi connectivity index (χ3n) is 2.19. The highest BCUT2D eigenvalue weighted by Crippen LogP contribution is 2.22. The molecule has 2 rings (SSSR count). The molecule has 1 N–H and O–H groups in total. The molecule has 1 aliphatic rings. The molecule has 0 unspecified atom stereocenters. The van der Waals surface area contributed by atoms with E-state index in [9.17, 15) is 18.0 Å². The minimum Gasteiger partial charge on any atom is -0.476 e. The molecule has 9 heteroatoms. The van der Waals surface area contributed by atoms with Crippen LogP contribution in [-0.4, -0.2) is 31.2 Å². The van der Waals surface area contributed by atoms with Gasteiger partial charge in [-0.1, -0.05) is 17.7 Å². The van der Waals surface area contributed by atoms with E-state index in [0.717, 1.165) is 0 Å². The second kappa shape index (κ2) is 5.06. The van der Waals surface area contributed by atoms with Crippen LogP contribution in [0.3, 0.4) is 0 Å². The van der Waals surface area contributed by atoms with E-state index in [1.807, 2.05) is 0 Å². The second-order valence-corrected chi connectivity index (χ2v) is 5.62. The first kappa shape index (κ1) is 14.2. The zero-order chi connectivity index (χ0) is 14.9. The molecule has 1 aliphatic heterocycles. The molecule has 0 spiro atoms. The van der Waals surface area contributed by atoms with Crippen molar-refractivity contribution in [2.75, 3.05) is 0 Å². The molecule has 0 amide bonds. The van der Waals surface area contributed by atoms with Crippen LogP contribution in [0.15, 0.2) is 39.6 Å². The minimum atomic E-state index is -4.35. The van der Waals surface area contributed by atoms with Crippen LogP contribution in [-0.2, 0) is 19.6 Å². The van der Waals surface area contributed by atoms with Crippen molar-refractivity contribution in [3.63, 3.8) is 0 Å². The second-order valence-electron chi connectivity index (χ2n) is 3.61.